The van der Waals surface area contributed by atoms with Crippen LogP contribution in [0.3, 0.4) is 0 Å². The van der Waals surface area contributed by atoms with Gasteiger partial charge >= 0.3 is 0 Å². The van der Waals surface area contributed by atoms with Crippen LogP contribution in [0.4, 0.5) is 0 Å². The highest BCUT2D eigenvalue weighted by atomic mass is 35.5. The third kappa shape index (κ3) is 2.53. The van der Waals surface area contributed by atoms with Gasteiger partial charge in [0.1, 0.15) is 11.8 Å². The Bertz CT molecular complexity index is 769. The zero-order valence-electron chi connectivity index (χ0n) is 11.6. The van der Waals surface area contributed by atoms with Crippen LogP contribution in [0.25, 0.3) is 11.0 Å². The molecule has 3 N–H and O–H groups in total. The molecule has 0 spiro atoms. The molecule has 0 amide bonds. The first-order valence-corrected chi connectivity index (χ1v) is 7.19. The molecule has 0 saturated heterocycles. The summed E-state index contributed by atoms with van der Waals surface area (Å²) in [6.07, 6.45) is 4.49. The first kappa shape index (κ1) is 14.1. The second kappa shape index (κ2) is 5.85. The monoisotopic (exact) mass is 301 g/mol. The number of hydrogen-bond acceptors (Lipinski definition) is 4. The lowest BCUT2D eigenvalue weighted by Gasteiger charge is -2.16. The van der Waals surface area contributed by atoms with Crippen molar-refractivity contribution in [2.24, 2.45) is 5.84 Å². The number of halogens is 1. The fourth-order valence-corrected chi connectivity index (χ4v) is 2.75. The van der Waals surface area contributed by atoms with Crippen LogP contribution in [0, 0.1) is 0 Å². The average molecular weight is 302 g/mol. The summed E-state index contributed by atoms with van der Waals surface area (Å²) >= 11 is 6.17. The fourth-order valence-electron chi connectivity index (χ4n) is 2.53. The van der Waals surface area contributed by atoms with Crippen LogP contribution >= 0.6 is 11.6 Å². The first-order chi connectivity index (χ1) is 10.2. The van der Waals surface area contributed by atoms with Gasteiger partial charge in [-0.1, -0.05) is 30.7 Å². The number of nitrogens with one attached hydrogen (secondary N) is 1. The molecule has 4 nitrogen and oxygen atoms in total. The average Bonchev–Trinajstić information content (AvgIpc) is 2.94. The number of aromatic nitrogens is 1. The molecule has 1 aromatic carbocycles. The van der Waals surface area contributed by atoms with Crippen molar-refractivity contribution in [3.05, 3.63) is 64.6 Å². The summed E-state index contributed by atoms with van der Waals surface area (Å²) in [7, 11) is 0. The van der Waals surface area contributed by atoms with Crippen molar-refractivity contribution >= 4 is 22.6 Å². The number of rotatable bonds is 4. The Labute approximate surface area is 127 Å². The minimum Gasteiger partial charge on any atom is -0.457 e. The van der Waals surface area contributed by atoms with Crippen molar-refractivity contribution < 1.29 is 4.42 Å². The number of benzene rings is 1. The van der Waals surface area contributed by atoms with E-state index in [1.165, 1.54) is 0 Å². The lowest BCUT2D eigenvalue weighted by Crippen LogP contribution is -2.29. The molecule has 1 atom stereocenters. The van der Waals surface area contributed by atoms with Gasteiger partial charge in [0, 0.05) is 17.8 Å². The van der Waals surface area contributed by atoms with Gasteiger partial charge in [-0.2, -0.15) is 0 Å². The van der Waals surface area contributed by atoms with E-state index in [2.05, 4.69) is 17.3 Å². The third-order valence-corrected chi connectivity index (χ3v) is 3.90. The van der Waals surface area contributed by atoms with E-state index in [0.717, 1.165) is 28.7 Å². The zero-order chi connectivity index (χ0) is 14.8. The van der Waals surface area contributed by atoms with Crippen LogP contribution in [0.5, 0.6) is 0 Å². The standard InChI is InChI=1S/C16H16ClN3O/c1-2-10-9-19-7-6-12(10)15(20-18)14-8-11-4-3-5-13(17)16(11)21-14/h3-9,15,20H,2,18H2,1H3. The maximum atomic E-state index is 6.17. The summed E-state index contributed by atoms with van der Waals surface area (Å²) < 4.78 is 5.91. The van der Waals surface area contributed by atoms with Crippen molar-refractivity contribution in [1.82, 2.24) is 10.4 Å². The SMILES string of the molecule is CCc1cnccc1C(NN)c1cc2cccc(Cl)c2o1. The molecule has 0 aliphatic heterocycles. The highest BCUT2D eigenvalue weighted by Crippen LogP contribution is 2.32. The molecule has 108 valence electrons. The van der Waals surface area contributed by atoms with Gasteiger partial charge in [0.15, 0.2) is 5.58 Å². The number of nitrogens with zero attached hydrogens (tertiary/aromatic N) is 1. The molecule has 3 aromatic rings. The maximum absolute atomic E-state index is 6.17. The van der Waals surface area contributed by atoms with E-state index in [0.29, 0.717) is 10.6 Å². The van der Waals surface area contributed by atoms with Crippen LogP contribution < -0.4 is 11.3 Å². The molecule has 2 aromatic heterocycles. The highest BCUT2D eigenvalue weighted by Gasteiger charge is 2.20. The number of hydrazine groups is 1. The Morgan fingerprint density at radius 1 is 1.38 bits per heavy atom. The van der Waals surface area contributed by atoms with Crippen LogP contribution in [-0.4, -0.2) is 4.98 Å². The maximum Gasteiger partial charge on any atom is 0.152 e. The molecular weight excluding hydrogens is 286 g/mol. The van der Waals surface area contributed by atoms with Crippen molar-refractivity contribution in [3.8, 4) is 0 Å². The molecule has 1 unspecified atom stereocenters. The number of nitrogens with two attached hydrogens (primary N) is 1. The summed E-state index contributed by atoms with van der Waals surface area (Å²) in [6, 6.07) is 9.37. The van der Waals surface area contributed by atoms with E-state index in [9.17, 15) is 0 Å². The molecule has 0 bridgehead atoms. The van der Waals surface area contributed by atoms with E-state index in [1.807, 2.05) is 36.5 Å². The van der Waals surface area contributed by atoms with Crippen LogP contribution in [0.15, 0.2) is 47.1 Å². The summed E-state index contributed by atoms with van der Waals surface area (Å²) in [5, 5.41) is 1.56. The van der Waals surface area contributed by atoms with E-state index in [1.54, 1.807) is 6.20 Å². The molecule has 0 aliphatic rings. The van der Waals surface area contributed by atoms with Crippen LogP contribution in [0.1, 0.15) is 29.9 Å². The lowest BCUT2D eigenvalue weighted by molar-refractivity contribution is 0.475. The summed E-state index contributed by atoms with van der Waals surface area (Å²) in [6.45, 7) is 2.09. The lowest BCUT2D eigenvalue weighted by atomic mass is 9.99. The minimum absolute atomic E-state index is 0.230. The van der Waals surface area contributed by atoms with Gasteiger partial charge in [0.05, 0.1) is 5.02 Å². The highest BCUT2D eigenvalue weighted by molar-refractivity contribution is 6.34. The van der Waals surface area contributed by atoms with Crippen molar-refractivity contribution in [3.63, 3.8) is 0 Å². The zero-order valence-corrected chi connectivity index (χ0v) is 12.4. The Morgan fingerprint density at radius 3 is 2.95 bits per heavy atom. The smallest absolute Gasteiger partial charge is 0.152 e. The minimum atomic E-state index is -0.230. The number of hydrogen-bond donors (Lipinski definition) is 2. The molecule has 2 heterocycles. The summed E-state index contributed by atoms with van der Waals surface area (Å²) in [4.78, 5) is 4.16. The van der Waals surface area contributed by atoms with E-state index < -0.39 is 0 Å². The Morgan fingerprint density at radius 2 is 2.24 bits per heavy atom. The van der Waals surface area contributed by atoms with Gasteiger partial charge in [-0.3, -0.25) is 10.8 Å². The predicted molar refractivity (Wildman–Crippen MR) is 84.0 cm³/mol. The molecule has 0 aliphatic carbocycles. The number of para-hydroxylation sites is 1. The Balaban J connectivity index is 2.12. The molecule has 0 saturated carbocycles. The number of pyridine rings is 1. The number of furan rings is 1. The predicted octanol–water partition coefficient (Wildman–Crippen LogP) is 3.60. The molecule has 0 fully saturated rings. The Hall–Kier alpha value is -1.88. The number of aryl methyl sites for hydroxylation is 1. The molecular formula is C16H16ClN3O. The summed E-state index contributed by atoms with van der Waals surface area (Å²) in [5.41, 5.74) is 5.70. The van der Waals surface area contributed by atoms with Crippen LogP contribution in [0.2, 0.25) is 5.02 Å². The van der Waals surface area contributed by atoms with E-state index in [4.69, 9.17) is 21.9 Å². The molecule has 0 radical (unpaired) electrons. The van der Waals surface area contributed by atoms with Crippen molar-refractivity contribution in [2.45, 2.75) is 19.4 Å². The van der Waals surface area contributed by atoms with Gasteiger partial charge in [-0.25, -0.2) is 5.43 Å². The van der Waals surface area contributed by atoms with E-state index >= 15 is 0 Å². The van der Waals surface area contributed by atoms with Crippen molar-refractivity contribution in [2.75, 3.05) is 0 Å². The number of fused-ring (bicyclic) bond motifs is 1. The fraction of sp³-hybridized carbons (Fsp3) is 0.188. The van der Waals surface area contributed by atoms with Crippen molar-refractivity contribution in [1.29, 1.82) is 0 Å². The second-order valence-electron chi connectivity index (χ2n) is 4.83. The second-order valence-corrected chi connectivity index (χ2v) is 5.24. The van der Waals surface area contributed by atoms with Gasteiger partial charge < -0.3 is 4.42 Å². The first-order valence-electron chi connectivity index (χ1n) is 6.81. The van der Waals surface area contributed by atoms with Crippen LogP contribution in [-0.2, 0) is 6.42 Å². The van der Waals surface area contributed by atoms with Gasteiger partial charge in [0.25, 0.3) is 0 Å². The normalized spacial score (nSPS) is 12.7. The quantitative estimate of drug-likeness (QED) is 0.571. The third-order valence-electron chi connectivity index (χ3n) is 3.60. The van der Waals surface area contributed by atoms with E-state index in [-0.39, 0.29) is 6.04 Å². The topological polar surface area (TPSA) is 64.1 Å². The van der Waals surface area contributed by atoms with Gasteiger partial charge in [-0.05, 0) is 35.7 Å². The molecule has 5 heteroatoms. The molecule has 21 heavy (non-hydrogen) atoms. The Kier molecular flexibility index (Phi) is 3.92. The largest absolute Gasteiger partial charge is 0.457 e. The molecule has 3 rings (SSSR count). The van der Waals surface area contributed by atoms with Gasteiger partial charge in [0.2, 0.25) is 0 Å². The summed E-state index contributed by atoms with van der Waals surface area (Å²) in [5.74, 6) is 6.49. The van der Waals surface area contributed by atoms with Gasteiger partial charge in [-0.15, -0.1) is 0 Å².